The molecule has 0 aromatic heterocycles. The summed E-state index contributed by atoms with van der Waals surface area (Å²) in [5.74, 6) is -0.729. The first-order chi connectivity index (χ1) is 12.0. The van der Waals surface area contributed by atoms with E-state index in [1.54, 1.807) is 18.2 Å². The summed E-state index contributed by atoms with van der Waals surface area (Å²) in [6.45, 7) is 0.0735. The highest BCUT2D eigenvalue weighted by Crippen LogP contribution is 2.20. The number of nitrogens with one attached hydrogen (secondary N) is 1. The summed E-state index contributed by atoms with van der Waals surface area (Å²) in [5, 5.41) is 3.16. The van der Waals surface area contributed by atoms with Crippen LogP contribution in [-0.2, 0) is 20.9 Å². The molecule has 25 heavy (non-hydrogen) atoms. The molecule has 1 N–H and O–H groups in total. The quantitative estimate of drug-likeness (QED) is 0.616. The SMILES string of the molecule is COC(=O)/C(=C\c1cc(Cl)cc(Cl)c1)NC(=O)OCc1ccccc1. The Hall–Kier alpha value is -2.50. The van der Waals surface area contributed by atoms with Crippen LogP contribution in [0.2, 0.25) is 10.0 Å². The van der Waals surface area contributed by atoms with Crippen LogP contribution in [0, 0.1) is 0 Å². The molecule has 1 amide bonds. The van der Waals surface area contributed by atoms with Crippen molar-refractivity contribution in [2.75, 3.05) is 7.11 Å². The van der Waals surface area contributed by atoms with Crippen molar-refractivity contribution in [3.05, 3.63) is 75.4 Å². The van der Waals surface area contributed by atoms with Crippen molar-refractivity contribution < 1.29 is 19.1 Å². The molecule has 2 aromatic rings. The lowest BCUT2D eigenvalue weighted by Gasteiger charge is -2.09. The average molecular weight is 380 g/mol. The van der Waals surface area contributed by atoms with Crippen LogP contribution in [0.25, 0.3) is 6.08 Å². The molecule has 0 bridgehead atoms. The van der Waals surface area contributed by atoms with Gasteiger partial charge in [-0.05, 0) is 35.4 Å². The maximum atomic E-state index is 11.9. The van der Waals surface area contributed by atoms with Crippen LogP contribution in [0.15, 0.2) is 54.2 Å². The summed E-state index contributed by atoms with van der Waals surface area (Å²) in [7, 11) is 1.21. The Balaban J connectivity index is 2.10. The Morgan fingerprint density at radius 2 is 1.72 bits per heavy atom. The van der Waals surface area contributed by atoms with Gasteiger partial charge < -0.3 is 9.47 Å². The lowest BCUT2D eigenvalue weighted by Crippen LogP contribution is -2.28. The van der Waals surface area contributed by atoms with Gasteiger partial charge in [0.15, 0.2) is 0 Å². The second-order valence-electron chi connectivity index (χ2n) is 4.94. The summed E-state index contributed by atoms with van der Waals surface area (Å²) in [5.41, 5.74) is 1.25. The number of hydrogen-bond acceptors (Lipinski definition) is 4. The van der Waals surface area contributed by atoms with E-state index in [2.05, 4.69) is 10.1 Å². The first-order valence-electron chi connectivity index (χ1n) is 7.22. The lowest BCUT2D eigenvalue weighted by atomic mass is 10.2. The van der Waals surface area contributed by atoms with Crippen LogP contribution >= 0.6 is 23.2 Å². The third-order valence-corrected chi connectivity index (χ3v) is 3.49. The summed E-state index contributed by atoms with van der Waals surface area (Å²) < 4.78 is 9.75. The molecule has 0 spiro atoms. The van der Waals surface area contributed by atoms with E-state index >= 15 is 0 Å². The Kier molecular flexibility index (Phi) is 6.86. The number of halogens is 2. The molecular formula is C18H15Cl2NO4. The molecule has 2 aromatic carbocycles. The van der Waals surface area contributed by atoms with E-state index in [1.807, 2.05) is 30.3 Å². The lowest BCUT2D eigenvalue weighted by molar-refractivity contribution is -0.136. The molecule has 7 heteroatoms. The van der Waals surface area contributed by atoms with Crippen molar-refractivity contribution in [2.45, 2.75) is 6.61 Å². The maximum absolute atomic E-state index is 11.9. The van der Waals surface area contributed by atoms with Gasteiger partial charge in [-0.1, -0.05) is 53.5 Å². The highest BCUT2D eigenvalue weighted by Gasteiger charge is 2.15. The number of amides is 1. The number of esters is 1. The van der Waals surface area contributed by atoms with E-state index in [0.29, 0.717) is 15.6 Å². The van der Waals surface area contributed by atoms with Gasteiger partial charge in [-0.25, -0.2) is 9.59 Å². The van der Waals surface area contributed by atoms with Crippen LogP contribution in [0.1, 0.15) is 11.1 Å². The van der Waals surface area contributed by atoms with Gasteiger partial charge in [-0.15, -0.1) is 0 Å². The summed E-state index contributed by atoms with van der Waals surface area (Å²) in [4.78, 5) is 23.8. The van der Waals surface area contributed by atoms with Crippen molar-refractivity contribution in [3.63, 3.8) is 0 Å². The highest BCUT2D eigenvalue weighted by molar-refractivity contribution is 6.34. The molecule has 0 fully saturated rings. The fraction of sp³-hybridized carbons (Fsp3) is 0.111. The van der Waals surface area contributed by atoms with E-state index < -0.39 is 12.1 Å². The molecule has 0 saturated carbocycles. The number of hydrogen-bond donors (Lipinski definition) is 1. The third-order valence-electron chi connectivity index (χ3n) is 3.05. The van der Waals surface area contributed by atoms with Crippen molar-refractivity contribution in [3.8, 4) is 0 Å². The third kappa shape index (κ3) is 6.14. The standard InChI is InChI=1S/C18H15Cl2NO4/c1-24-17(22)16(9-13-7-14(19)10-15(20)8-13)21-18(23)25-11-12-5-3-2-4-6-12/h2-10H,11H2,1H3,(H,21,23)/b16-9+. The van der Waals surface area contributed by atoms with Gasteiger partial charge >= 0.3 is 12.1 Å². The molecule has 0 heterocycles. The van der Waals surface area contributed by atoms with Gasteiger partial charge in [0.1, 0.15) is 12.3 Å². The molecule has 0 aliphatic rings. The smallest absolute Gasteiger partial charge is 0.412 e. The zero-order chi connectivity index (χ0) is 18.2. The first kappa shape index (κ1) is 18.8. The monoisotopic (exact) mass is 379 g/mol. The maximum Gasteiger partial charge on any atom is 0.412 e. The molecule has 0 aliphatic carbocycles. The predicted octanol–water partition coefficient (Wildman–Crippen LogP) is 4.43. The highest BCUT2D eigenvalue weighted by atomic mass is 35.5. The number of carbonyl (C=O) groups excluding carboxylic acids is 2. The molecular weight excluding hydrogens is 365 g/mol. The normalized spacial score (nSPS) is 10.9. The van der Waals surface area contributed by atoms with Crippen LogP contribution in [0.4, 0.5) is 4.79 Å². The van der Waals surface area contributed by atoms with Gasteiger partial charge in [0.2, 0.25) is 0 Å². The fourth-order valence-corrected chi connectivity index (χ4v) is 2.49. The van der Waals surface area contributed by atoms with Gasteiger partial charge in [-0.2, -0.15) is 0 Å². The van der Waals surface area contributed by atoms with Gasteiger partial charge in [-0.3, -0.25) is 5.32 Å². The topological polar surface area (TPSA) is 64.6 Å². The van der Waals surface area contributed by atoms with Crippen molar-refractivity contribution in [1.82, 2.24) is 5.32 Å². The van der Waals surface area contributed by atoms with E-state index in [4.69, 9.17) is 27.9 Å². The van der Waals surface area contributed by atoms with Crippen LogP contribution in [0.3, 0.4) is 0 Å². The van der Waals surface area contributed by atoms with Gasteiger partial charge in [0.05, 0.1) is 7.11 Å². The summed E-state index contributed by atoms with van der Waals surface area (Å²) in [6.07, 6.45) is 0.613. The number of rotatable bonds is 5. The van der Waals surface area contributed by atoms with Gasteiger partial charge in [0.25, 0.3) is 0 Å². The number of methoxy groups -OCH3 is 1. The molecule has 2 rings (SSSR count). The van der Waals surface area contributed by atoms with Crippen LogP contribution in [-0.4, -0.2) is 19.2 Å². The van der Waals surface area contributed by atoms with E-state index in [-0.39, 0.29) is 12.3 Å². The number of alkyl carbamates (subject to hydrolysis) is 1. The zero-order valence-corrected chi connectivity index (χ0v) is 14.8. The van der Waals surface area contributed by atoms with Crippen molar-refractivity contribution >= 4 is 41.3 Å². The largest absolute Gasteiger partial charge is 0.464 e. The van der Waals surface area contributed by atoms with E-state index in [1.165, 1.54) is 13.2 Å². The minimum atomic E-state index is -0.784. The molecule has 5 nitrogen and oxygen atoms in total. The minimum absolute atomic E-state index is 0.0735. The molecule has 0 saturated heterocycles. The molecule has 0 atom stereocenters. The van der Waals surface area contributed by atoms with Crippen molar-refractivity contribution in [1.29, 1.82) is 0 Å². The zero-order valence-electron chi connectivity index (χ0n) is 13.3. The second kappa shape index (κ2) is 9.11. The number of benzene rings is 2. The second-order valence-corrected chi connectivity index (χ2v) is 5.81. The number of carbonyl (C=O) groups is 2. The molecule has 130 valence electrons. The summed E-state index contributed by atoms with van der Waals surface area (Å²) >= 11 is 11.9. The molecule has 0 unspecified atom stereocenters. The Morgan fingerprint density at radius 1 is 1.08 bits per heavy atom. The van der Waals surface area contributed by atoms with Crippen LogP contribution < -0.4 is 5.32 Å². The Labute approximate surface area is 155 Å². The Bertz CT molecular complexity index is 771. The van der Waals surface area contributed by atoms with Crippen LogP contribution in [0.5, 0.6) is 0 Å². The fourth-order valence-electron chi connectivity index (χ4n) is 1.95. The number of ether oxygens (including phenoxy) is 2. The average Bonchev–Trinajstić information content (AvgIpc) is 2.58. The van der Waals surface area contributed by atoms with E-state index in [9.17, 15) is 9.59 Å². The van der Waals surface area contributed by atoms with E-state index in [0.717, 1.165) is 5.56 Å². The van der Waals surface area contributed by atoms with Crippen molar-refractivity contribution in [2.24, 2.45) is 0 Å². The van der Waals surface area contributed by atoms with Gasteiger partial charge in [0, 0.05) is 10.0 Å². The predicted molar refractivity (Wildman–Crippen MR) is 96.2 cm³/mol. The Morgan fingerprint density at radius 3 is 2.32 bits per heavy atom. The molecule has 0 aliphatic heterocycles. The minimum Gasteiger partial charge on any atom is -0.464 e. The first-order valence-corrected chi connectivity index (χ1v) is 7.97. The molecule has 0 radical (unpaired) electrons. The summed E-state index contributed by atoms with van der Waals surface area (Å²) in [6, 6.07) is 13.9.